The molecule has 20 heavy (non-hydrogen) atoms. The summed E-state index contributed by atoms with van der Waals surface area (Å²) in [6, 6.07) is 3.82. The van der Waals surface area contributed by atoms with Gasteiger partial charge in [-0.15, -0.1) is 0 Å². The molecule has 1 aromatic rings. The van der Waals surface area contributed by atoms with Crippen LogP contribution in [0.1, 0.15) is 25.3 Å². The van der Waals surface area contributed by atoms with Gasteiger partial charge in [-0.05, 0) is 37.5 Å². The fraction of sp³-hybridized carbons (Fsp3) is 0.429. The van der Waals surface area contributed by atoms with E-state index < -0.39 is 17.3 Å². The quantitative estimate of drug-likeness (QED) is 0.933. The molecule has 2 rings (SSSR count). The summed E-state index contributed by atoms with van der Waals surface area (Å²) < 4.78 is 13.0. The van der Waals surface area contributed by atoms with Crippen LogP contribution in [0.4, 0.5) is 4.39 Å². The second-order valence-corrected chi connectivity index (χ2v) is 5.55. The van der Waals surface area contributed by atoms with Crippen LogP contribution >= 0.6 is 11.6 Å². The minimum absolute atomic E-state index is 0.0258. The minimum atomic E-state index is -1.16. The first-order valence-corrected chi connectivity index (χ1v) is 6.70. The molecule has 1 fully saturated rings. The van der Waals surface area contributed by atoms with Gasteiger partial charge in [-0.1, -0.05) is 17.7 Å². The molecule has 1 N–H and O–H groups in total. The maximum atomic E-state index is 13.0. The Morgan fingerprint density at radius 2 is 2.20 bits per heavy atom. The zero-order valence-electron chi connectivity index (χ0n) is 11.0. The van der Waals surface area contributed by atoms with Crippen molar-refractivity contribution in [1.82, 2.24) is 4.90 Å². The summed E-state index contributed by atoms with van der Waals surface area (Å²) >= 11 is 5.89. The largest absolute Gasteiger partial charge is 0.480 e. The van der Waals surface area contributed by atoms with E-state index in [1.165, 1.54) is 17.0 Å². The first-order chi connectivity index (χ1) is 9.34. The van der Waals surface area contributed by atoms with Crippen molar-refractivity contribution in [3.63, 3.8) is 0 Å². The molecule has 108 valence electrons. The van der Waals surface area contributed by atoms with Crippen LogP contribution in [-0.2, 0) is 16.0 Å². The van der Waals surface area contributed by atoms with Gasteiger partial charge in [0.15, 0.2) is 0 Å². The van der Waals surface area contributed by atoms with Crippen molar-refractivity contribution in [2.24, 2.45) is 0 Å². The summed E-state index contributed by atoms with van der Waals surface area (Å²) in [5.41, 5.74) is -0.665. The van der Waals surface area contributed by atoms with Crippen LogP contribution < -0.4 is 0 Å². The molecule has 0 spiro atoms. The summed E-state index contributed by atoms with van der Waals surface area (Å²) in [7, 11) is 0. The van der Waals surface area contributed by atoms with E-state index in [1.54, 1.807) is 6.92 Å². The third-order valence-corrected chi connectivity index (χ3v) is 4.11. The van der Waals surface area contributed by atoms with Gasteiger partial charge in [0.1, 0.15) is 11.4 Å². The molecule has 0 saturated carbocycles. The van der Waals surface area contributed by atoms with Gasteiger partial charge in [-0.3, -0.25) is 4.79 Å². The lowest BCUT2D eigenvalue weighted by Gasteiger charge is -2.31. The fourth-order valence-electron chi connectivity index (χ4n) is 2.51. The second-order valence-electron chi connectivity index (χ2n) is 5.14. The first-order valence-electron chi connectivity index (χ1n) is 6.32. The predicted octanol–water partition coefficient (Wildman–Crippen LogP) is 2.49. The van der Waals surface area contributed by atoms with Gasteiger partial charge in [-0.2, -0.15) is 0 Å². The van der Waals surface area contributed by atoms with Crippen molar-refractivity contribution >= 4 is 23.5 Å². The molecule has 1 aromatic carbocycles. The number of amides is 1. The van der Waals surface area contributed by atoms with Crippen molar-refractivity contribution in [3.8, 4) is 0 Å². The molecule has 1 saturated heterocycles. The molecule has 0 aliphatic carbocycles. The van der Waals surface area contributed by atoms with Gasteiger partial charge in [0, 0.05) is 11.6 Å². The molecule has 1 aliphatic heterocycles. The second kappa shape index (κ2) is 5.40. The Morgan fingerprint density at radius 3 is 2.80 bits per heavy atom. The summed E-state index contributed by atoms with van der Waals surface area (Å²) in [5.74, 6) is -1.78. The molecular weight excluding hydrogens is 285 g/mol. The average Bonchev–Trinajstić information content (AvgIpc) is 2.76. The summed E-state index contributed by atoms with van der Waals surface area (Å²) in [6.45, 7) is 1.97. The zero-order valence-corrected chi connectivity index (χ0v) is 11.8. The van der Waals surface area contributed by atoms with E-state index in [1.807, 2.05) is 0 Å². The van der Waals surface area contributed by atoms with Gasteiger partial charge in [0.2, 0.25) is 5.91 Å². The molecule has 1 aliphatic rings. The van der Waals surface area contributed by atoms with Crippen LogP contribution in [0.2, 0.25) is 5.02 Å². The Morgan fingerprint density at radius 1 is 1.50 bits per heavy atom. The molecule has 1 amide bonds. The Balaban J connectivity index is 2.18. The number of carbonyl (C=O) groups excluding carboxylic acids is 1. The van der Waals surface area contributed by atoms with E-state index in [-0.39, 0.29) is 17.4 Å². The molecular formula is C14H15ClFNO3. The minimum Gasteiger partial charge on any atom is -0.480 e. The van der Waals surface area contributed by atoms with Crippen LogP contribution in [0.5, 0.6) is 0 Å². The lowest BCUT2D eigenvalue weighted by Crippen LogP contribution is -2.51. The summed E-state index contributed by atoms with van der Waals surface area (Å²) in [5, 5.41) is 9.45. The van der Waals surface area contributed by atoms with Gasteiger partial charge in [-0.25, -0.2) is 9.18 Å². The smallest absolute Gasteiger partial charge is 0.329 e. The number of hydrogen-bond donors (Lipinski definition) is 1. The highest BCUT2D eigenvalue weighted by Crippen LogP contribution is 2.30. The van der Waals surface area contributed by atoms with E-state index in [2.05, 4.69) is 0 Å². The molecule has 1 atom stereocenters. The summed E-state index contributed by atoms with van der Waals surface area (Å²) in [4.78, 5) is 25.0. The monoisotopic (exact) mass is 299 g/mol. The molecule has 0 unspecified atom stereocenters. The van der Waals surface area contributed by atoms with Gasteiger partial charge >= 0.3 is 5.97 Å². The van der Waals surface area contributed by atoms with Crippen LogP contribution in [0.15, 0.2) is 18.2 Å². The van der Waals surface area contributed by atoms with E-state index in [0.717, 1.165) is 6.07 Å². The van der Waals surface area contributed by atoms with Gasteiger partial charge in [0.25, 0.3) is 0 Å². The van der Waals surface area contributed by atoms with Crippen LogP contribution in [0, 0.1) is 5.82 Å². The Hall–Kier alpha value is -1.62. The third-order valence-electron chi connectivity index (χ3n) is 3.76. The fourth-order valence-corrected chi connectivity index (χ4v) is 2.74. The lowest BCUT2D eigenvalue weighted by molar-refractivity contribution is -0.155. The van der Waals surface area contributed by atoms with Crippen LogP contribution in [0.3, 0.4) is 0 Å². The molecule has 0 aromatic heterocycles. The number of carboxylic acid groups (broad SMARTS) is 1. The number of likely N-dealkylation sites (tertiary alicyclic amines) is 1. The number of aliphatic carboxylic acids is 1. The highest BCUT2D eigenvalue weighted by atomic mass is 35.5. The zero-order chi connectivity index (χ0) is 14.9. The van der Waals surface area contributed by atoms with E-state index in [9.17, 15) is 19.1 Å². The standard InChI is InChI=1S/C14H15ClFNO3/c1-14(13(19)20)5-2-6-17(14)12(18)7-9-3-4-10(16)8-11(9)15/h3-4,8H,2,5-7H2,1H3,(H,19,20)/t14-/m0/s1. The lowest BCUT2D eigenvalue weighted by atomic mass is 9.98. The average molecular weight is 300 g/mol. The Kier molecular flexibility index (Phi) is 3.99. The van der Waals surface area contributed by atoms with Crippen molar-refractivity contribution < 1.29 is 19.1 Å². The SMILES string of the molecule is C[C@@]1(C(=O)O)CCCN1C(=O)Cc1ccc(F)cc1Cl. The highest BCUT2D eigenvalue weighted by molar-refractivity contribution is 6.31. The predicted molar refractivity (Wildman–Crippen MR) is 72.1 cm³/mol. The molecule has 6 heteroatoms. The van der Waals surface area contributed by atoms with Crippen molar-refractivity contribution in [1.29, 1.82) is 0 Å². The van der Waals surface area contributed by atoms with E-state index in [0.29, 0.717) is 24.9 Å². The van der Waals surface area contributed by atoms with Crippen molar-refractivity contribution in [3.05, 3.63) is 34.6 Å². The highest BCUT2D eigenvalue weighted by Gasteiger charge is 2.45. The van der Waals surface area contributed by atoms with Crippen molar-refractivity contribution in [2.45, 2.75) is 31.7 Å². The number of halogens is 2. The Labute approximate surface area is 121 Å². The number of rotatable bonds is 3. The van der Waals surface area contributed by atoms with Crippen LogP contribution in [0.25, 0.3) is 0 Å². The third kappa shape index (κ3) is 2.63. The van der Waals surface area contributed by atoms with E-state index in [4.69, 9.17) is 11.6 Å². The number of carboxylic acids is 1. The summed E-state index contributed by atoms with van der Waals surface area (Å²) in [6.07, 6.45) is 1.07. The Bertz CT molecular complexity index is 563. The van der Waals surface area contributed by atoms with Crippen LogP contribution in [-0.4, -0.2) is 34.0 Å². The number of benzene rings is 1. The van der Waals surface area contributed by atoms with Gasteiger partial charge < -0.3 is 10.0 Å². The van der Waals surface area contributed by atoms with E-state index >= 15 is 0 Å². The maximum Gasteiger partial charge on any atom is 0.329 e. The number of hydrogen-bond acceptors (Lipinski definition) is 2. The molecule has 4 nitrogen and oxygen atoms in total. The first kappa shape index (κ1) is 14.8. The topological polar surface area (TPSA) is 57.6 Å². The normalized spacial score (nSPS) is 22.1. The molecule has 1 heterocycles. The molecule has 0 radical (unpaired) electrons. The molecule has 0 bridgehead atoms. The van der Waals surface area contributed by atoms with Crippen molar-refractivity contribution in [2.75, 3.05) is 6.54 Å². The number of nitrogens with zero attached hydrogens (tertiary/aromatic N) is 1. The maximum absolute atomic E-state index is 13.0. The number of carbonyl (C=O) groups is 2. The van der Waals surface area contributed by atoms with Gasteiger partial charge in [0.05, 0.1) is 6.42 Å².